The molecule has 0 aromatic carbocycles. The second kappa shape index (κ2) is 8.18. The number of rotatable bonds is 8. The highest BCUT2D eigenvalue weighted by Gasteiger charge is 2.05. The topological polar surface area (TPSA) is 80.4 Å². The highest BCUT2D eigenvalue weighted by atomic mass is 16.6. The third kappa shape index (κ3) is 5.46. The molecule has 0 amide bonds. The molecule has 19 heavy (non-hydrogen) atoms. The first-order chi connectivity index (χ1) is 9.17. The third-order valence-electron chi connectivity index (χ3n) is 2.88. The van der Waals surface area contributed by atoms with E-state index < -0.39 is 4.92 Å². The Bertz CT molecular complexity index is 417. The second-order valence-electron chi connectivity index (χ2n) is 4.36. The largest absolute Gasteiger partial charge is 0.287 e. The lowest BCUT2D eigenvalue weighted by Gasteiger charge is -2.07. The van der Waals surface area contributed by atoms with E-state index in [1.165, 1.54) is 25.1 Å². The van der Waals surface area contributed by atoms with E-state index in [1.807, 2.05) is 6.21 Å². The fourth-order valence-electron chi connectivity index (χ4n) is 1.62. The summed E-state index contributed by atoms with van der Waals surface area (Å²) in [6, 6.07) is 2.95. The van der Waals surface area contributed by atoms with Crippen molar-refractivity contribution < 1.29 is 4.92 Å². The molecule has 1 atom stereocenters. The number of nitro groups is 1. The summed E-state index contributed by atoms with van der Waals surface area (Å²) in [6.07, 6.45) is 7.66. The molecular weight excluding hydrogens is 244 g/mol. The van der Waals surface area contributed by atoms with Crippen molar-refractivity contribution in [3.8, 4) is 0 Å². The summed E-state index contributed by atoms with van der Waals surface area (Å²) in [6.45, 7) is 4.30. The maximum Gasteiger partial charge on any atom is 0.287 e. The minimum absolute atomic E-state index is 0.0242. The molecule has 0 radical (unpaired) electrons. The van der Waals surface area contributed by atoms with Crippen LogP contribution in [0.15, 0.2) is 23.4 Å². The maximum absolute atomic E-state index is 10.5. The minimum Gasteiger partial charge on any atom is -0.262 e. The highest BCUT2D eigenvalue weighted by molar-refractivity contribution is 5.62. The van der Waals surface area contributed by atoms with Crippen LogP contribution in [0.2, 0.25) is 0 Å². The average molecular weight is 264 g/mol. The molecule has 6 nitrogen and oxygen atoms in total. The van der Waals surface area contributed by atoms with Crippen LogP contribution in [0.25, 0.3) is 0 Å². The Balaban J connectivity index is 2.48. The first-order valence-electron chi connectivity index (χ1n) is 6.57. The predicted octanol–water partition coefficient (Wildman–Crippen LogP) is 3.60. The Hall–Kier alpha value is -1.98. The van der Waals surface area contributed by atoms with Gasteiger partial charge in [0.25, 0.3) is 5.69 Å². The van der Waals surface area contributed by atoms with Crippen molar-refractivity contribution in [3.05, 3.63) is 28.4 Å². The van der Waals surface area contributed by atoms with Crippen molar-refractivity contribution in [1.82, 2.24) is 4.98 Å². The van der Waals surface area contributed by atoms with Crippen LogP contribution in [0.4, 0.5) is 11.5 Å². The Labute approximate surface area is 113 Å². The minimum atomic E-state index is -0.474. The molecule has 0 aliphatic carbocycles. The normalized spacial score (nSPS) is 12.5. The molecule has 1 aromatic heterocycles. The van der Waals surface area contributed by atoms with Gasteiger partial charge in [-0.2, -0.15) is 5.10 Å². The van der Waals surface area contributed by atoms with Crippen LogP contribution in [-0.2, 0) is 0 Å². The van der Waals surface area contributed by atoms with Gasteiger partial charge in [0.1, 0.15) is 12.0 Å². The highest BCUT2D eigenvalue weighted by Crippen LogP contribution is 2.12. The number of aromatic nitrogens is 1. The summed E-state index contributed by atoms with van der Waals surface area (Å²) < 4.78 is 0. The first-order valence-corrected chi connectivity index (χ1v) is 6.57. The maximum atomic E-state index is 10.5. The summed E-state index contributed by atoms with van der Waals surface area (Å²) >= 11 is 0. The average Bonchev–Trinajstić information content (AvgIpc) is 2.43. The van der Waals surface area contributed by atoms with Crippen LogP contribution in [0.5, 0.6) is 0 Å². The lowest BCUT2D eigenvalue weighted by atomic mass is 10.0. The SMILES string of the molecule is CCCC[C@@H](/C=N\Nc1ccc([N+](=O)[O-])cn1)CC. The van der Waals surface area contributed by atoms with Crippen LogP contribution in [0, 0.1) is 16.0 Å². The molecule has 1 aromatic rings. The standard InChI is InChI=1S/C13H20N4O2/c1-3-5-6-11(4-2)9-15-16-13-8-7-12(10-14-13)17(18)19/h7-11H,3-6H2,1-2H3,(H,14,16)/b15-9-/t11-/m0/s1. The summed E-state index contributed by atoms with van der Waals surface area (Å²) in [5.74, 6) is 0.970. The van der Waals surface area contributed by atoms with Gasteiger partial charge >= 0.3 is 0 Å². The Morgan fingerprint density at radius 1 is 1.53 bits per heavy atom. The number of hydrazone groups is 1. The van der Waals surface area contributed by atoms with Crippen molar-refractivity contribution in [2.45, 2.75) is 39.5 Å². The molecule has 1 N–H and O–H groups in total. The van der Waals surface area contributed by atoms with E-state index in [1.54, 1.807) is 6.07 Å². The molecule has 0 bridgehead atoms. The molecule has 1 rings (SSSR count). The molecule has 0 aliphatic heterocycles. The van der Waals surface area contributed by atoms with Gasteiger partial charge in [-0.05, 0) is 24.8 Å². The zero-order chi connectivity index (χ0) is 14.1. The number of hydrogen-bond donors (Lipinski definition) is 1. The van der Waals surface area contributed by atoms with E-state index >= 15 is 0 Å². The van der Waals surface area contributed by atoms with Crippen molar-refractivity contribution in [3.63, 3.8) is 0 Å². The summed E-state index contributed by atoms with van der Waals surface area (Å²) in [5.41, 5.74) is 2.76. The Morgan fingerprint density at radius 3 is 2.84 bits per heavy atom. The quantitative estimate of drug-likeness (QED) is 0.442. The van der Waals surface area contributed by atoms with Gasteiger partial charge in [0.2, 0.25) is 0 Å². The van der Waals surface area contributed by atoms with Crippen LogP contribution in [0.3, 0.4) is 0 Å². The van der Waals surface area contributed by atoms with Crippen LogP contribution >= 0.6 is 0 Å². The third-order valence-corrected chi connectivity index (χ3v) is 2.88. The molecule has 0 aliphatic rings. The molecule has 0 unspecified atom stereocenters. The lowest BCUT2D eigenvalue weighted by molar-refractivity contribution is -0.385. The number of hydrogen-bond acceptors (Lipinski definition) is 5. The van der Waals surface area contributed by atoms with Gasteiger partial charge in [-0.25, -0.2) is 4.98 Å². The predicted molar refractivity (Wildman–Crippen MR) is 76.3 cm³/mol. The molecule has 0 saturated heterocycles. The van der Waals surface area contributed by atoms with Crippen LogP contribution in [0.1, 0.15) is 39.5 Å². The van der Waals surface area contributed by atoms with Gasteiger partial charge in [0.15, 0.2) is 0 Å². The Morgan fingerprint density at radius 2 is 2.32 bits per heavy atom. The molecule has 0 spiro atoms. The number of pyridine rings is 1. The molecule has 6 heteroatoms. The fraction of sp³-hybridized carbons (Fsp3) is 0.538. The number of unbranched alkanes of at least 4 members (excludes halogenated alkanes) is 1. The van der Waals surface area contributed by atoms with E-state index in [0.717, 1.165) is 12.8 Å². The smallest absolute Gasteiger partial charge is 0.262 e. The molecule has 1 heterocycles. The Kier molecular flexibility index (Phi) is 6.49. The van der Waals surface area contributed by atoms with E-state index in [9.17, 15) is 10.1 Å². The summed E-state index contributed by atoms with van der Waals surface area (Å²) in [7, 11) is 0. The van der Waals surface area contributed by atoms with Crippen LogP contribution < -0.4 is 5.43 Å². The molecule has 104 valence electrons. The zero-order valence-electron chi connectivity index (χ0n) is 11.4. The number of anilines is 1. The van der Waals surface area contributed by atoms with E-state index in [4.69, 9.17) is 0 Å². The first kappa shape index (κ1) is 15.1. The molecule has 0 saturated carbocycles. The molecule has 0 fully saturated rings. The van der Waals surface area contributed by atoms with Gasteiger partial charge in [-0.3, -0.25) is 15.5 Å². The fourth-order valence-corrected chi connectivity index (χ4v) is 1.62. The summed E-state index contributed by atoms with van der Waals surface area (Å²) in [5, 5.41) is 14.6. The lowest BCUT2D eigenvalue weighted by Crippen LogP contribution is -2.02. The van der Waals surface area contributed by atoms with Gasteiger partial charge in [0, 0.05) is 12.3 Å². The van der Waals surface area contributed by atoms with Gasteiger partial charge in [-0.1, -0.05) is 26.7 Å². The van der Waals surface area contributed by atoms with E-state index in [2.05, 4.69) is 29.4 Å². The van der Waals surface area contributed by atoms with Crippen molar-refractivity contribution in [2.75, 3.05) is 5.43 Å². The number of nitrogens with zero attached hydrogens (tertiary/aromatic N) is 3. The van der Waals surface area contributed by atoms with Crippen LogP contribution in [-0.4, -0.2) is 16.1 Å². The zero-order valence-corrected chi connectivity index (χ0v) is 11.4. The monoisotopic (exact) mass is 264 g/mol. The van der Waals surface area contributed by atoms with Gasteiger partial charge in [0.05, 0.1) is 4.92 Å². The van der Waals surface area contributed by atoms with Crippen molar-refractivity contribution in [1.29, 1.82) is 0 Å². The van der Waals surface area contributed by atoms with E-state index in [-0.39, 0.29) is 5.69 Å². The van der Waals surface area contributed by atoms with E-state index in [0.29, 0.717) is 11.7 Å². The molecular formula is C13H20N4O2. The van der Waals surface area contributed by atoms with Gasteiger partial charge < -0.3 is 0 Å². The summed E-state index contributed by atoms with van der Waals surface area (Å²) in [4.78, 5) is 13.9. The number of nitrogens with one attached hydrogen (secondary N) is 1. The van der Waals surface area contributed by atoms with Crippen molar-refractivity contribution in [2.24, 2.45) is 11.0 Å². The second-order valence-corrected chi connectivity index (χ2v) is 4.36. The van der Waals surface area contributed by atoms with Crippen molar-refractivity contribution >= 4 is 17.7 Å². The van der Waals surface area contributed by atoms with Gasteiger partial charge in [-0.15, -0.1) is 0 Å².